The number of nitrogens with zero attached hydrogens (tertiary/aromatic N) is 3. The number of allylic oxidation sites excluding steroid dienone is 2. The molecule has 0 atom stereocenters. The molecule has 0 bridgehead atoms. The Morgan fingerprint density at radius 2 is 1.35 bits per heavy atom. The quantitative estimate of drug-likeness (QED) is 0.313. The Kier molecular flexibility index (Phi) is 9.56. The second-order valence-corrected chi connectivity index (χ2v) is 9.91. The van der Waals surface area contributed by atoms with E-state index in [1.165, 1.54) is 0 Å². The van der Waals surface area contributed by atoms with E-state index in [0.717, 1.165) is 42.3 Å². The lowest BCUT2D eigenvalue weighted by Gasteiger charge is -2.27. The zero-order valence-electron chi connectivity index (χ0n) is 23.4. The van der Waals surface area contributed by atoms with Crippen molar-refractivity contribution in [2.45, 2.75) is 73.4 Å². The molecule has 6 heteroatoms. The predicted molar refractivity (Wildman–Crippen MR) is 158 cm³/mol. The summed E-state index contributed by atoms with van der Waals surface area (Å²) in [6.45, 7) is 16.8. The van der Waals surface area contributed by atoms with E-state index in [1.54, 1.807) is 6.08 Å². The fraction of sp³-hybridized carbons (Fsp3) is 0.419. The van der Waals surface area contributed by atoms with Crippen LogP contribution in [-0.2, 0) is 4.79 Å². The molecule has 2 aromatic carbocycles. The number of anilines is 3. The van der Waals surface area contributed by atoms with E-state index in [-0.39, 0.29) is 11.5 Å². The Bertz CT molecular complexity index is 1160. The third-order valence-electron chi connectivity index (χ3n) is 6.67. The van der Waals surface area contributed by atoms with E-state index in [4.69, 9.17) is 4.99 Å². The molecule has 6 nitrogen and oxygen atoms in total. The first-order valence-electron chi connectivity index (χ1n) is 13.5. The summed E-state index contributed by atoms with van der Waals surface area (Å²) in [5.74, 6) is -0.227. The summed E-state index contributed by atoms with van der Waals surface area (Å²) in [6, 6.07) is 16.9. The lowest BCUT2D eigenvalue weighted by atomic mass is 9.94. The minimum atomic E-state index is -0.189. The van der Waals surface area contributed by atoms with Gasteiger partial charge in [-0.05, 0) is 103 Å². The highest BCUT2D eigenvalue weighted by Gasteiger charge is 2.27. The third kappa shape index (κ3) is 6.62. The van der Waals surface area contributed by atoms with Crippen molar-refractivity contribution in [3.8, 4) is 0 Å². The molecular formula is C31H42N4O2. The number of ketones is 1. The number of aliphatic hydroxyl groups is 1. The third-order valence-corrected chi connectivity index (χ3v) is 6.67. The first-order chi connectivity index (χ1) is 17.7. The van der Waals surface area contributed by atoms with Crippen LogP contribution in [0.2, 0.25) is 0 Å². The van der Waals surface area contributed by atoms with Crippen LogP contribution in [0.1, 0.15) is 61.3 Å². The van der Waals surface area contributed by atoms with Crippen molar-refractivity contribution in [2.75, 3.05) is 28.2 Å². The number of aliphatic hydroxyl groups excluding tert-OH is 1. The molecule has 1 aliphatic rings. The lowest BCUT2D eigenvalue weighted by molar-refractivity contribution is -0.112. The molecule has 0 saturated heterocycles. The average molecular weight is 503 g/mol. The molecule has 2 N–H and O–H groups in total. The van der Waals surface area contributed by atoms with Crippen molar-refractivity contribution < 1.29 is 9.90 Å². The fourth-order valence-corrected chi connectivity index (χ4v) is 4.80. The minimum absolute atomic E-state index is 0.0373. The number of hydrogen-bond acceptors (Lipinski definition) is 6. The maximum absolute atomic E-state index is 13.2. The molecular weight excluding hydrogens is 460 g/mol. The maximum atomic E-state index is 13.2. The van der Waals surface area contributed by atoms with Gasteiger partial charge >= 0.3 is 0 Å². The molecule has 1 aliphatic carbocycles. The van der Waals surface area contributed by atoms with E-state index in [1.807, 2.05) is 43.3 Å². The summed E-state index contributed by atoms with van der Waals surface area (Å²) in [5, 5.41) is 14.2. The minimum Gasteiger partial charge on any atom is -0.505 e. The molecule has 198 valence electrons. The van der Waals surface area contributed by atoms with Crippen LogP contribution in [0.5, 0.6) is 0 Å². The van der Waals surface area contributed by atoms with Gasteiger partial charge in [0.1, 0.15) is 11.5 Å². The van der Waals surface area contributed by atoms with Crippen LogP contribution in [-0.4, -0.2) is 41.8 Å². The van der Waals surface area contributed by atoms with Gasteiger partial charge in [0.25, 0.3) is 0 Å². The molecule has 0 fully saturated rings. The van der Waals surface area contributed by atoms with Crippen molar-refractivity contribution in [1.29, 1.82) is 0 Å². The van der Waals surface area contributed by atoms with Crippen LogP contribution in [0, 0.1) is 0 Å². The maximum Gasteiger partial charge on any atom is 0.209 e. The Morgan fingerprint density at radius 1 is 0.838 bits per heavy atom. The first kappa shape index (κ1) is 28.0. The topological polar surface area (TPSA) is 68.2 Å². The van der Waals surface area contributed by atoms with Crippen molar-refractivity contribution in [2.24, 2.45) is 4.99 Å². The highest BCUT2D eigenvalue weighted by molar-refractivity contribution is 6.24. The van der Waals surface area contributed by atoms with Gasteiger partial charge in [0.05, 0.1) is 11.4 Å². The number of aliphatic imine (C=N–C) groups is 1. The Labute approximate surface area is 222 Å². The van der Waals surface area contributed by atoms with Crippen LogP contribution >= 0.6 is 0 Å². The van der Waals surface area contributed by atoms with Gasteiger partial charge in [0, 0.05) is 47.8 Å². The predicted octanol–water partition coefficient (Wildman–Crippen LogP) is 7.42. The SMILES string of the molecule is CCCC1=C(O)C(=Nc2ccc(N(CC)C(C)C)cc2)C=C(Nc2ccc(N(CC)C(C)C)cc2)C1=O. The molecule has 0 unspecified atom stereocenters. The Morgan fingerprint density at radius 3 is 1.81 bits per heavy atom. The van der Waals surface area contributed by atoms with Gasteiger partial charge in [-0.15, -0.1) is 0 Å². The molecule has 0 heterocycles. The van der Waals surface area contributed by atoms with Crippen molar-refractivity contribution in [3.63, 3.8) is 0 Å². The highest BCUT2D eigenvalue weighted by Crippen LogP contribution is 2.28. The van der Waals surface area contributed by atoms with E-state index in [0.29, 0.717) is 35.5 Å². The summed E-state index contributed by atoms with van der Waals surface area (Å²) in [5.41, 5.74) is 5.02. The number of hydrogen-bond donors (Lipinski definition) is 2. The fourth-order valence-electron chi connectivity index (χ4n) is 4.80. The van der Waals surface area contributed by atoms with Gasteiger partial charge in [-0.25, -0.2) is 4.99 Å². The first-order valence-corrected chi connectivity index (χ1v) is 13.5. The molecule has 0 radical (unpaired) electrons. The summed E-state index contributed by atoms with van der Waals surface area (Å²) < 4.78 is 0. The number of benzene rings is 2. The number of carbonyl (C=O) groups is 1. The summed E-state index contributed by atoms with van der Waals surface area (Å²) in [4.78, 5) is 22.6. The zero-order valence-corrected chi connectivity index (χ0v) is 23.4. The second kappa shape index (κ2) is 12.6. The molecule has 0 spiro atoms. The summed E-state index contributed by atoms with van der Waals surface area (Å²) in [7, 11) is 0. The van der Waals surface area contributed by atoms with Crippen LogP contribution < -0.4 is 15.1 Å². The number of nitrogens with one attached hydrogen (secondary N) is 1. The van der Waals surface area contributed by atoms with Crippen LogP contribution in [0.4, 0.5) is 22.7 Å². The number of carbonyl (C=O) groups excluding carboxylic acids is 1. The smallest absolute Gasteiger partial charge is 0.209 e. The van der Waals surface area contributed by atoms with Gasteiger partial charge in [0.15, 0.2) is 0 Å². The average Bonchev–Trinajstić information content (AvgIpc) is 2.87. The largest absolute Gasteiger partial charge is 0.505 e. The summed E-state index contributed by atoms with van der Waals surface area (Å²) >= 11 is 0. The Balaban J connectivity index is 1.92. The van der Waals surface area contributed by atoms with Gasteiger partial charge in [-0.3, -0.25) is 4.79 Å². The zero-order chi connectivity index (χ0) is 27.1. The molecule has 37 heavy (non-hydrogen) atoms. The van der Waals surface area contributed by atoms with Crippen LogP contribution in [0.15, 0.2) is 76.6 Å². The standard InChI is InChI=1S/C31H42N4O2/c1-8-11-27-30(36)28(32-23-12-16-25(17-13-23)34(9-2)21(4)5)20-29(31(27)37)33-24-14-18-26(19-15-24)35(10-3)22(6)7/h12-22,32,37H,8-11H2,1-7H3. The van der Waals surface area contributed by atoms with Crippen molar-refractivity contribution in [1.82, 2.24) is 0 Å². The van der Waals surface area contributed by atoms with Crippen molar-refractivity contribution >= 4 is 34.2 Å². The normalized spacial score (nSPS) is 15.0. The lowest BCUT2D eigenvalue weighted by Crippen LogP contribution is -2.30. The molecule has 2 aromatic rings. The molecule has 0 aliphatic heterocycles. The van der Waals surface area contributed by atoms with Gasteiger partial charge < -0.3 is 20.2 Å². The van der Waals surface area contributed by atoms with E-state index >= 15 is 0 Å². The van der Waals surface area contributed by atoms with Gasteiger partial charge in [-0.1, -0.05) is 13.3 Å². The highest BCUT2D eigenvalue weighted by atomic mass is 16.3. The molecule has 0 amide bonds. The molecule has 3 rings (SSSR count). The van der Waals surface area contributed by atoms with Crippen LogP contribution in [0.25, 0.3) is 0 Å². The molecule has 0 aromatic heterocycles. The Hall–Kier alpha value is -3.54. The van der Waals surface area contributed by atoms with Crippen LogP contribution in [0.3, 0.4) is 0 Å². The van der Waals surface area contributed by atoms with E-state index in [9.17, 15) is 9.90 Å². The second-order valence-electron chi connectivity index (χ2n) is 9.91. The van der Waals surface area contributed by atoms with Crippen molar-refractivity contribution in [3.05, 3.63) is 71.6 Å². The van der Waals surface area contributed by atoms with E-state index < -0.39 is 0 Å². The van der Waals surface area contributed by atoms with E-state index in [2.05, 4.69) is 68.8 Å². The number of Topliss-reactive ketones (excluding diaryl/α,β-unsaturated/α-hetero) is 1. The monoisotopic (exact) mass is 502 g/mol. The van der Waals surface area contributed by atoms with Gasteiger partial charge in [0.2, 0.25) is 5.78 Å². The molecule has 0 saturated carbocycles. The van der Waals surface area contributed by atoms with Gasteiger partial charge in [-0.2, -0.15) is 0 Å². The summed E-state index contributed by atoms with van der Waals surface area (Å²) in [6.07, 6.45) is 2.89. The number of rotatable bonds is 11.